The van der Waals surface area contributed by atoms with Gasteiger partial charge in [-0.15, -0.1) is 0 Å². The number of benzene rings is 1. The fraction of sp³-hybridized carbons (Fsp3) is 0.471. The zero-order valence-corrected chi connectivity index (χ0v) is 12.4. The molecule has 0 saturated carbocycles. The van der Waals surface area contributed by atoms with Crippen LogP contribution in [0.1, 0.15) is 43.7 Å². The monoisotopic (exact) mass is 291 g/mol. The Morgan fingerprint density at radius 3 is 2.95 bits per heavy atom. The summed E-state index contributed by atoms with van der Waals surface area (Å²) in [5.74, 6) is -1.29. The molecule has 1 unspecified atom stereocenters. The van der Waals surface area contributed by atoms with Gasteiger partial charge in [-0.25, -0.2) is 9.18 Å². The van der Waals surface area contributed by atoms with Crippen molar-refractivity contribution in [2.75, 3.05) is 6.54 Å². The van der Waals surface area contributed by atoms with Crippen LogP contribution in [0, 0.1) is 5.82 Å². The maximum atomic E-state index is 14.2. The Labute approximate surface area is 125 Å². The molecule has 2 rings (SSSR count). The molecule has 0 bridgehead atoms. The van der Waals surface area contributed by atoms with Crippen LogP contribution < -0.4 is 0 Å². The predicted octanol–water partition coefficient (Wildman–Crippen LogP) is 3.69. The van der Waals surface area contributed by atoms with Crippen molar-refractivity contribution in [3.05, 3.63) is 41.2 Å². The van der Waals surface area contributed by atoms with E-state index in [0.29, 0.717) is 23.7 Å². The second kappa shape index (κ2) is 7.36. The number of hydrogen-bond acceptors (Lipinski definition) is 2. The lowest BCUT2D eigenvalue weighted by molar-refractivity contribution is -0.131. The van der Waals surface area contributed by atoms with Gasteiger partial charge in [-0.1, -0.05) is 25.0 Å². The van der Waals surface area contributed by atoms with E-state index in [9.17, 15) is 9.18 Å². The van der Waals surface area contributed by atoms with E-state index in [2.05, 4.69) is 11.8 Å². The van der Waals surface area contributed by atoms with Crippen LogP contribution in [0.3, 0.4) is 0 Å². The molecule has 0 radical (unpaired) electrons. The maximum Gasteiger partial charge on any atom is 0.328 e. The first-order valence-electron chi connectivity index (χ1n) is 7.50. The average molecular weight is 291 g/mol. The molecule has 0 amide bonds. The van der Waals surface area contributed by atoms with Gasteiger partial charge in [0.2, 0.25) is 0 Å². The third kappa shape index (κ3) is 4.67. The lowest BCUT2D eigenvalue weighted by Crippen LogP contribution is -2.32. The Balaban J connectivity index is 2.08. The van der Waals surface area contributed by atoms with E-state index in [4.69, 9.17) is 5.11 Å². The maximum absolute atomic E-state index is 14.2. The van der Waals surface area contributed by atoms with Gasteiger partial charge in [0.1, 0.15) is 5.82 Å². The van der Waals surface area contributed by atoms with Crippen LogP contribution in [-0.4, -0.2) is 28.6 Å². The number of likely N-dealkylation sites (tertiary alicyclic amines) is 1. The number of hydrogen-bond donors (Lipinski definition) is 1. The Kier molecular flexibility index (Phi) is 5.51. The van der Waals surface area contributed by atoms with E-state index < -0.39 is 5.97 Å². The highest BCUT2D eigenvalue weighted by Crippen LogP contribution is 2.21. The number of carboxylic acids is 1. The zero-order valence-electron chi connectivity index (χ0n) is 12.4. The minimum atomic E-state index is -1.03. The summed E-state index contributed by atoms with van der Waals surface area (Å²) in [4.78, 5) is 12.8. The van der Waals surface area contributed by atoms with Gasteiger partial charge in [0, 0.05) is 24.2 Å². The van der Waals surface area contributed by atoms with Gasteiger partial charge >= 0.3 is 5.97 Å². The molecule has 1 heterocycles. The first-order valence-corrected chi connectivity index (χ1v) is 7.50. The van der Waals surface area contributed by atoms with Gasteiger partial charge < -0.3 is 5.11 Å². The average Bonchev–Trinajstić information content (AvgIpc) is 2.64. The molecule has 1 fully saturated rings. The number of rotatable bonds is 4. The minimum Gasteiger partial charge on any atom is -0.478 e. The number of carboxylic acid groups (broad SMARTS) is 1. The molecule has 3 nitrogen and oxygen atoms in total. The van der Waals surface area contributed by atoms with E-state index >= 15 is 0 Å². The molecule has 1 N–H and O–H groups in total. The van der Waals surface area contributed by atoms with Crippen molar-refractivity contribution in [1.82, 2.24) is 4.90 Å². The van der Waals surface area contributed by atoms with Crippen LogP contribution in [0.5, 0.6) is 0 Å². The molecule has 1 aliphatic heterocycles. The molecular weight excluding hydrogens is 269 g/mol. The van der Waals surface area contributed by atoms with Gasteiger partial charge in [-0.05, 0) is 44.0 Å². The molecule has 1 aromatic rings. The number of carbonyl (C=O) groups is 1. The molecule has 0 aromatic heterocycles. The molecule has 0 aliphatic carbocycles. The highest BCUT2D eigenvalue weighted by molar-refractivity contribution is 5.85. The van der Waals surface area contributed by atoms with E-state index in [1.165, 1.54) is 37.8 Å². The quantitative estimate of drug-likeness (QED) is 0.860. The summed E-state index contributed by atoms with van der Waals surface area (Å²) in [6, 6.07) is 5.41. The second-order valence-electron chi connectivity index (χ2n) is 5.69. The van der Waals surface area contributed by atoms with Crippen molar-refractivity contribution in [3.8, 4) is 0 Å². The smallest absolute Gasteiger partial charge is 0.328 e. The van der Waals surface area contributed by atoms with Gasteiger partial charge in [0.05, 0.1) is 0 Å². The van der Waals surface area contributed by atoms with Crippen LogP contribution in [0.15, 0.2) is 24.3 Å². The zero-order chi connectivity index (χ0) is 15.2. The van der Waals surface area contributed by atoms with Crippen molar-refractivity contribution in [3.63, 3.8) is 0 Å². The van der Waals surface area contributed by atoms with E-state index in [0.717, 1.165) is 12.6 Å². The highest BCUT2D eigenvalue weighted by Gasteiger charge is 2.18. The molecular formula is C17H22FNO2. The third-order valence-corrected chi connectivity index (χ3v) is 4.06. The Hall–Kier alpha value is -1.68. The lowest BCUT2D eigenvalue weighted by Gasteiger charge is -2.27. The molecule has 1 aromatic carbocycles. The SMILES string of the molecule is CC1CCCCCN1Cc1ccc(C=CC(=O)O)cc1F. The Bertz CT molecular complexity index is 528. The summed E-state index contributed by atoms with van der Waals surface area (Å²) in [6.07, 6.45) is 7.27. The Morgan fingerprint density at radius 2 is 2.24 bits per heavy atom. The van der Waals surface area contributed by atoms with Crippen molar-refractivity contribution >= 4 is 12.0 Å². The fourth-order valence-electron chi connectivity index (χ4n) is 2.75. The minimum absolute atomic E-state index is 0.265. The van der Waals surface area contributed by atoms with Crippen molar-refractivity contribution in [2.24, 2.45) is 0 Å². The van der Waals surface area contributed by atoms with Crippen molar-refractivity contribution in [1.29, 1.82) is 0 Å². The summed E-state index contributed by atoms with van der Waals surface area (Å²) < 4.78 is 14.2. The second-order valence-corrected chi connectivity index (χ2v) is 5.69. The number of halogens is 1. The largest absolute Gasteiger partial charge is 0.478 e. The summed E-state index contributed by atoms with van der Waals surface area (Å²) in [5, 5.41) is 8.58. The molecule has 1 atom stereocenters. The van der Waals surface area contributed by atoms with Crippen LogP contribution in [0.2, 0.25) is 0 Å². The molecule has 21 heavy (non-hydrogen) atoms. The van der Waals surface area contributed by atoms with Crippen LogP contribution in [0.25, 0.3) is 6.08 Å². The summed E-state index contributed by atoms with van der Waals surface area (Å²) in [6.45, 7) is 3.84. The number of aliphatic carboxylic acids is 1. The van der Waals surface area contributed by atoms with Gasteiger partial charge in [0.25, 0.3) is 0 Å². The Morgan fingerprint density at radius 1 is 1.43 bits per heavy atom. The van der Waals surface area contributed by atoms with E-state index in [1.54, 1.807) is 12.1 Å². The van der Waals surface area contributed by atoms with E-state index in [-0.39, 0.29) is 5.82 Å². The van der Waals surface area contributed by atoms with Crippen LogP contribution in [0.4, 0.5) is 4.39 Å². The van der Waals surface area contributed by atoms with Gasteiger partial charge in [-0.2, -0.15) is 0 Å². The van der Waals surface area contributed by atoms with Crippen molar-refractivity contribution < 1.29 is 14.3 Å². The summed E-state index contributed by atoms with van der Waals surface area (Å²) in [5.41, 5.74) is 1.25. The van der Waals surface area contributed by atoms with Crippen molar-refractivity contribution in [2.45, 2.75) is 45.2 Å². The molecule has 114 valence electrons. The predicted molar refractivity (Wildman–Crippen MR) is 81.4 cm³/mol. The first kappa shape index (κ1) is 15.7. The van der Waals surface area contributed by atoms with E-state index in [1.807, 2.05) is 0 Å². The van der Waals surface area contributed by atoms with Gasteiger partial charge in [0.15, 0.2) is 0 Å². The topological polar surface area (TPSA) is 40.5 Å². The molecule has 1 aliphatic rings. The van der Waals surface area contributed by atoms with Crippen LogP contribution in [-0.2, 0) is 11.3 Å². The molecule has 1 saturated heterocycles. The summed E-state index contributed by atoms with van der Waals surface area (Å²) >= 11 is 0. The summed E-state index contributed by atoms with van der Waals surface area (Å²) in [7, 11) is 0. The fourth-order valence-corrected chi connectivity index (χ4v) is 2.75. The highest BCUT2D eigenvalue weighted by atomic mass is 19.1. The first-order chi connectivity index (χ1) is 10.1. The molecule has 0 spiro atoms. The molecule has 4 heteroatoms. The van der Waals surface area contributed by atoms with Gasteiger partial charge in [-0.3, -0.25) is 4.90 Å². The third-order valence-electron chi connectivity index (χ3n) is 4.06. The lowest BCUT2D eigenvalue weighted by atomic mass is 10.1. The standard InChI is InChI=1S/C17H22FNO2/c1-13-5-3-2-4-10-19(13)12-15-8-6-14(11-16(15)18)7-9-17(20)21/h6-9,11,13H,2-5,10,12H2,1H3,(H,20,21). The number of nitrogens with zero attached hydrogens (tertiary/aromatic N) is 1. The normalized spacial score (nSPS) is 20.6. The van der Waals surface area contributed by atoms with Crippen LogP contribution >= 0.6 is 0 Å².